The zero-order valence-corrected chi connectivity index (χ0v) is 4.92. The van der Waals surface area contributed by atoms with Crippen LogP contribution in [0.1, 0.15) is 13.3 Å². The normalized spacial score (nSPS) is 14.2. The Morgan fingerprint density at radius 1 is 1.88 bits per heavy atom. The molecule has 0 bridgehead atoms. The zero-order valence-electron chi connectivity index (χ0n) is 4.92. The molecule has 1 unspecified atom stereocenters. The maximum atomic E-state index is 9.53. The van der Waals surface area contributed by atoms with Crippen LogP contribution in [0.4, 0.5) is 0 Å². The third-order valence-electron chi connectivity index (χ3n) is 0.694. The fourth-order valence-corrected chi connectivity index (χ4v) is 0.331. The minimum atomic E-state index is 0.139. The summed E-state index contributed by atoms with van der Waals surface area (Å²) in [4.78, 5) is 9.53. The third-order valence-corrected chi connectivity index (χ3v) is 0.694. The third kappa shape index (κ3) is 5.37. The Morgan fingerprint density at radius 2 is 2.50 bits per heavy atom. The number of rotatable bonds is 3. The summed E-state index contributed by atoms with van der Waals surface area (Å²) in [6.45, 7) is 1.88. The molecule has 0 aliphatic rings. The maximum absolute atomic E-state index is 9.53. The van der Waals surface area contributed by atoms with Gasteiger partial charge in [0.15, 0.2) is 0 Å². The van der Waals surface area contributed by atoms with Crippen LogP contribution < -0.4 is 5.73 Å². The second-order valence-electron chi connectivity index (χ2n) is 1.73. The van der Waals surface area contributed by atoms with E-state index in [1.54, 1.807) is 12.4 Å². The van der Waals surface area contributed by atoms with E-state index >= 15 is 0 Å². The summed E-state index contributed by atoms with van der Waals surface area (Å²) in [6, 6.07) is 0.139. The molecule has 1 atom stereocenters. The van der Waals surface area contributed by atoms with E-state index in [1.807, 2.05) is 6.92 Å². The van der Waals surface area contributed by atoms with Gasteiger partial charge in [-0.2, -0.15) is 0 Å². The van der Waals surface area contributed by atoms with E-state index in [0.717, 1.165) is 6.42 Å². The summed E-state index contributed by atoms with van der Waals surface area (Å²) < 4.78 is 0. The van der Waals surface area contributed by atoms with Gasteiger partial charge in [-0.15, -0.1) is 0 Å². The Hall–Kier alpha value is -0.630. The van der Waals surface area contributed by atoms with E-state index in [1.165, 1.54) is 6.08 Å². The number of nitrogens with two attached hydrogens (primary N) is 1. The molecule has 0 heterocycles. The average molecular weight is 112 g/mol. The van der Waals surface area contributed by atoms with E-state index in [9.17, 15) is 4.79 Å². The SMILES string of the molecule is CC(N)CC=C[C]=O. The van der Waals surface area contributed by atoms with Crippen molar-refractivity contribution in [3.8, 4) is 0 Å². The van der Waals surface area contributed by atoms with Crippen LogP contribution in [-0.4, -0.2) is 12.3 Å². The number of hydrogen-bond donors (Lipinski definition) is 1. The van der Waals surface area contributed by atoms with Crippen molar-refractivity contribution in [2.45, 2.75) is 19.4 Å². The molecule has 8 heavy (non-hydrogen) atoms. The minimum absolute atomic E-state index is 0.139. The van der Waals surface area contributed by atoms with Gasteiger partial charge in [0.25, 0.3) is 0 Å². The first-order valence-electron chi connectivity index (χ1n) is 2.55. The van der Waals surface area contributed by atoms with Crippen molar-refractivity contribution in [1.29, 1.82) is 0 Å². The summed E-state index contributed by atoms with van der Waals surface area (Å²) in [5.41, 5.74) is 5.35. The Balaban J connectivity index is 3.15. The first-order valence-corrected chi connectivity index (χ1v) is 2.55. The van der Waals surface area contributed by atoms with Gasteiger partial charge in [0.2, 0.25) is 6.29 Å². The monoisotopic (exact) mass is 112 g/mol. The van der Waals surface area contributed by atoms with Gasteiger partial charge in [-0.1, -0.05) is 6.08 Å². The lowest BCUT2D eigenvalue weighted by Crippen LogP contribution is -2.12. The molecule has 45 valence electrons. The molecule has 0 rings (SSSR count). The van der Waals surface area contributed by atoms with Gasteiger partial charge in [-0.25, -0.2) is 0 Å². The van der Waals surface area contributed by atoms with Crippen LogP contribution in [0, 0.1) is 0 Å². The molecular formula is C6H10NO. The molecule has 0 aliphatic heterocycles. The fraction of sp³-hybridized carbons (Fsp3) is 0.500. The molecular weight excluding hydrogens is 102 g/mol. The van der Waals surface area contributed by atoms with E-state index in [0.29, 0.717) is 0 Å². The average Bonchev–Trinajstić information content (AvgIpc) is 1.66. The topological polar surface area (TPSA) is 43.1 Å². The van der Waals surface area contributed by atoms with Gasteiger partial charge in [0, 0.05) is 6.04 Å². The quantitative estimate of drug-likeness (QED) is 0.537. The molecule has 0 fully saturated rings. The molecule has 1 radical (unpaired) electrons. The van der Waals surface area contributed by atoms with Crippen molar-refractivity contribution in [1.82, 2.24) is 0 Å². The number of carbonyl (C=O) groups excluding carboxylic acids is 1. The maximum Gasteiger partial charge on any atom is 0.225 e. The van der Waals surface area contributed by atoms with Crippen LogP contribution in [0.2, 0.25) is 0 Å². The lowest BCUT2D eigenvalue weighted by Gasteiger charge is -1.94. The fourth-order valence-electron chi connectivity index (χ4n) is 0.331. The van der Waals surface area contributed by atoms with Crippen LogP contribution in [0.5, 0.6) is 0 Å². The first kappa shape index (κ1) is 7.37. The predicted molar refractivity (Wildman–Crippen MR) is 33.1 cm³/mol. The van der Waals surface area contributed by atoms with Crippen molar-refractivity contribution >= 4 is 6.29 Å². The highest BCUT2D eigenvalue weighted by molar-refractivity contribution is 5.65. The lowest BCUT2D eigenvalue weighted by atomic mass is 10.2. The number of hydrogen-bond acceptors (Lipinski definition) is 2. The molecule has 0 spiro atoms. The summed E-state index contributed by atoms with van der Waals surface area (Å²) in [5, 5.41) is 0. The molecule has 0 aliphatic carbocycles. The highest BCUT2D eigenvalue weighted by Gasteiger charge is 1.84. The van der Waals surface area contributed by atoms with Crippen LogP contribution in [-0.2, 0) is 4.79 Å². The molecule has 0 saturated carbocycles. The molecule has 2 N–H and O–H groups in total. The van der Waals surface area contributed by atoms with Crippen LogP contribution >= 0.6 is 0 Å². The van der Waals surface area contributed by atoms with Crippen molar-refractivity contribution in [3.05, 3.63) is 12.2 Å². The molecule has 2 heteroatoms. The molecule has 0 aromatic heterocycles. The molecule has 0 aromatic rings. The van der Waals surface area contributed by atoms with Gasteiger partial charge in [0.1, 0.15) is 0 Å². The van der Waals surface area contributed by atoms with Crippen LogP contribution in [0.3, 0.4) is 0 Å². The molecule has 0 saturated heterocycles. The highest BCUT2D eigenvalue weighted by atomic mass is 16.1. The van der Waals surface area contributed by atoms with Gasteiger partial charge >= 0.3 is 0 Å². The van der Waals surface area contributed by atoms with Crippen molar-refractivity contribution in [2.24, 2.45) is 5.73 Å². The largest absolute Gasteiger partial charge is 0.328 e. The Morgan fingerprint density at radius 3 is 2.88 bits per heavy atom. The van der Waals surface area contributed by atoms with Crippen molar-refractivity contribution < 1.29 is 4.79 Å². The zero-order chi connectivity index (χ0) is 6.41. The second kappa shape index (κ2) is 4.53. The number of allylic oxidation sites excluding steroid dienone is 1. The van der Waals surface area contributed by atoms with E-state index < -0.39 is 0 Å². The Kier molecular flexibility index (Phi) is 4.17. The van der Waals surface area contributed by atoms with Gasteiger partial charge < -0.3 is 5.73 Å². The van der Waals surface area contributed by atoms with E-state index in [4.69, 9.17) is 5.73 Å². The van der Waals surface area contributed by atoms with E-state index in [-0.39, 0.29) is 6.04 Å². The summed E-state index contributed by atoms with van der Waals surface area (Å²) in [6.07, 6.45) is 5.42. The predicted octanol–water partition coefficient (Wildman–Crippen LogP) is 0.390. The van der Waals surface area contributed by atoms with Gasteiger partial charge in [0.05, 0.1) is 0 Å². The Bertz CT molecular complexity index is 86.5. The summed E-state index contributed by atoms with van der Waals surface area (Å²) >= 11 is 0. The van der Waals surface area contributed by atoms with Crippen LogP contribution in [0.15, 0.2) is 12.2 Å². The van der Waals surface area contributed by atoms with Gasteiger partial charge in [-0.3, -0.25) is 4.79 Å². The highest BCUT2D eigenvalue weighted by Crippen LogP contribution is 1.85. The van der Waals surface area contributed by atoms with E-state index in [2.05, 4.69) is 0 Å². The summed E-state index contributed by atoms with van der Waals surface area (Å²) in [5.74, 6) is 0. The summed E-state index contributed by atoms with van der Waals surface area (Å²) in [7, 11) is 0. The van der Waals surface area contributed by atoms with Gasteiger partial charge in [-0.05, 0) is 19.4 Å². The lowest BCUT2D eigenvalue weighted by molar-refractivity contribution is 0.564. The van der Waals surface area contributed by atoms with Crippen molar-refractivity contribution in [3.63, 3.8) is 0 Å². The molecule has 2 nitrogen and oxygen atoms in total. The minimum Gasteiger partial charge on any atom is -0.328 e. The second-order valence-corrected chi connectivity index (χ2v) is 1.73. The standard InChI is InChI=1S/C6H10NO/c1-6(7)4-2-3-5-8/h2-3,6H,4,7H2,1H3. The van der Waals surface area contributed by atoms with Crippen LogP contribution in [0.25, 0.3) is 0 Å². The molecule has 0 aromatic carbocycles. The molecule has 0 amide bonds. The van der Waals surface area contributed by atoms with Crippen molar-refractivity contribution in [2.75, 3.05) is 0 Å². The Labute approximate surface area is 49.4 Å². The first-order chi connectivity index (χ1) is 3.77. The smallest absolute Gasteiger partial charge is 0.225 e.